The highest BCUT2D eigenvalue weighted by molar-refractivity contribution is 6.31. The predicted octanol–water partition coefficient (Wildman–Crippen LogP) is 3.81. The van der Waals surface area contributed by atoms with Crippen LogP contribution in [0.5, 0.6) is 5.75 Å². The predicted molar refractivity (Wildman–Crippen MR) is 95.4 cm³/mol. The molecular weight excluding hydrogens is 380 g/mol. The van der Waals surface area contributed by atoms with Crippen molar-refractivity contribution >= 4 is 23.5 Å². The van der Waals surface area contributed by atoms with E-state index in [0.29, 0.717) is 10.6 Å². The van der Waals surface area contributed by atoms with Crippen molar-refractivity contribution in [3.63, 3.8) is 0 Å². The van der Waals surface area contributed by atoms with Crippen LogP contribution in [0.2, 0.25) is 5.02 Å². The number of nitrogens with one attached hydrogen (secondary N) is 1. The Labute approximate surface area is 160 Å². The Morgan fingerprint density at radius 1 is 1.15 bits per heavy atom. The molecule has 2 aromatic rings. The summed E-state index contributed by atoms with van der Waals surface area (Å²) in [6.07, 6.45) is -1.17. The van der Waals surface area contributed by atoms with Crippen LogP contribution in [-0.2, 0) is 14.3 Å². The maximum atomic E-state index is 13.3. The largest absolute Gasteiger partial charge is 0.481 e. The van der Waals surface area contributed by atoms with Crippen LogP contribution in [0.25, 0.3) is 0 Å². The lowest BCUT2D eigenvalue weighted by Crippen LogP contribution is -2.39. The first-order valence-corrected chi connectivity index (χ1v) is 8.43. The molecule has 5 nitrogen and oxygen atoms in total. The van der Waals surface area contributed by atoms with Crippen LogP contribution >= 0.6 is 11.6 Å². The molecule has 0 aliphatic heterocycles. The average Bonchev–Trinajstić information content (AvgIpc) is 2.64. The van der Waals surface area contributed by atoms with Gasteiger partial charge in [0.25, 0.3) is 5.91 Å². The van der Waals surface area contributed by atoms with Crippen molar-refractivity contribution in [2.45, 2.75) is 25.5 Å². The number of amides is 1. The Balaban J connectivity index is 2.13. The number of ether oxygens (including phenoxy) is 2. The summed E-state index contributed by atoms with van der Waals surface area (Å²) in [7, 11) is 1.24. The van der Waals surface area contributed by atoms with Crippen LogP contribution in [0.1, 0.15) is 24.9 Å². The first kappa shape index (κ1) is 20.6. The van der Waals surface area contributed by atoms with E-state index in [0.717, 1.165) is 12.1 Å². The molecule has 0 aromatic heterocycles. The van der Waals surface area contributed by atoms with Gasteiger partial charge < -0.3 is 14.8 Å². The van der Waals surface area contributed by atoms with Crippen LogP contribution in [0.4, 0.5) is 8.78 Å². The van der Waals surface area contributed by atoms with E-state index in [1.807, 2.05) is 0 Å². The maximum absolute atomic E-state index is 13.3. The van der Waals surface area contributed by atoms with Crippen LogP contribution in [0.15, 0.2) is 42.5 Å². The van der Waals surface area contributed by atoms with Gasteiger partial charge in [-0.05, 0) is 30.7 Å². The number of hydrogen-bond acceptors (Lipinski definition) is 4. The minimum Gasteiger partial charge on any atom is -0.481 e. The molecule has 27 heavy (non-hydrogen) atoms. The highest BCUT2D eigenvalue weighted by Gasteiger charge is 2.24. The molecule has 0 fully saturated rings. The second-order valence-corrected chi connectivity index (χ2v) is 6.11. The van der Waals surface area contributed by atoms with Gasteiger partial charge in [-0.15, -0.1) is 0 Å². The zero-order chi connectivity index (χ0) is 20.0. The number of rotatable bonds is 7. The number of hydrogen-bond donors (Lipinski definition) is 1. The molecule has 0 aliphatic rings. The van der Waals surface area contributed by atoms with E-state index >= 15 is 0 Å². The van der Waals surface area contributed by atoms with Gasteiger partial charge >= 0.3 is 5.97 Å². The van der Waals surface area contributed by atoms with E-state index < -0.39 is 35.7 Å². The third-order valence-electron chi connectivity index (χ3n) is 3.77. The standard InChI is InChI=1S/C19H18ClF2NO4/c1-11(27-12-7-8-15(21)16(22)9-12)19(25)23-17(10-18(24)26-2)13-5-3-4-6-14(13)20/h3-9,11,17H,10H2,1-2H3,(H,23,25). The highest BCUT2D eigenvalue weighted by atomic mass is 35.5. The summed E-state index contributed by atoms with van der Waals surface area (Å²) in [6, 6.07) is 8.97. The molecule has 2 rings (SSSR count). The third-order valence-corrected chi connectivity index (χ3v) is 4.11. The van der Waals surface area contributed by atoms with E-state index in [1.165, 1.54) is 20.1 Å². The van der Waals surface area contributed by atoms with Gasteiger partial charge in [0.05, 0.1) is 19.6 Å². The SMILES string of the molecule is COC(=O)CC(NC(=O)C(C)Oc1ccc(F)c(F)c1)c1ccccc1Cl. The van der Waals surface area contributed by atoms with Gasteiger partial charge in [-0.2, -0.15) is 0 Å². The van der Waals surface area contributed by atoms with E-state index in [4.69, 9.17) is 16.3 Å². The quantitative estimate of drug-likeness (QED) is 0.722. The van der Waals surface area contributed by atoms with Gasteiger partial charge in [-0.3, -0.25) is 9.59 Å². The number of benzene rings is 2. The molecule has 0 bridgehead atoms. The number of carbonyl (C=O) groups excluding carboxylic acids is 2. The zero-order valence-corrected chi connectivity index (χ0v) is 15.4. The maximum Gasteiger partial charge on any atom is 0.307 e. The monoisotopic (exact) mass is 397 g/mol. The van der Waals surface area contributed by atoms with E-state index in [1.54, 1.807) is 24.3 Å². The highest BCUT2D eigenvalue weighted by Crippen LogP contribution is 2.26. The molecule has 144 valence electrons. The van der Waals surface area contributed by atoms with E-state index in [9.17, 15) is 18.4 Å². The normalized spacial score (nSPS) is 12.8. The summed E-state index contributed by atoms with van der Waals surface area (Å²) < 4.78 is 36.3. The minimum atomic E-state index is -1.08. The Morgan fingerprint density at radius 2 is 1.85 bits per heavy atom. The summed E-state index contributed by atoms with van der Waals surface area (Å²) in [5.41, 5.74) is 0.540. The Bertz CT molecular complexity index is 831. The zero-order valence-electron chi connectivity index (χ0n) is 14.7. The molecule has 8 heteroatoms. The molecule has 2 unspecified atom stereocenters. The fourth-order valence-electron chi connectivity index (χ4n) is 2.34. The minimum absolute atomic E-state index is 0.00110. The molecule has 0 saturated heterocycles. The summed E-state index contributed by atoms with van der Waals surface area (Å²) in [5, 5.41) is 3.04. The summed E-state index contributed by atoms with van der Waals surface area (Å²) >= 11 is 6.16. The molecule has 1 N–H and O–H groups in total. The molecular formula is C19H18ClF2NO4. The Kier molecular flexibility index (Phi) is 7.12. The third kappa shape index (κ3) is 5.65. The number of methoxy groups -OCH3 is 1. The molecule has 1 amide bonds. The smallest absolute Gasteiger partial charge is 0.307 e. The molecule has 2 atom stereocenters. The summed E-state index contributed by atoms with van der Waals surface area (Å²) in [5.74, 6) is -3.20. The van der Waals surface area contributed by atoms with Crippen LogP contribution < -0.4 is 10.1 Å². The van der Waals surface area contributed by atoms with Gasteiger partial charge in [0.15, 0.2) is 17.7 Å². The van der Waals surface area contributed by atoms with Crippen LogP contribution in [-0.4, -0.2) is 25.1 Å². The fraction of sp³-hybridized carbons (Fsp3) is 0.263. The lowest BCUT2D eigenvalue weighted by atomic mass is 10.0. The van der Waals surface area contributed by atoms with Crippen LogP contribution in [0, 0.1) is 11.6 Å². The average molecular weight is 398 g/mol. The van der Waals surface area contributed by atoms with Crippen molar-refractivity contribution in [1.29, 1.82) is 0 Å². The first-order valence-electron chi connectivity index (χ1n) is 8.05. The summed E-state index contributed by atoms with van der Waals surface area (Å²) in [6.45, 7) is 1.44. The molecule has 0 heterocycles. The first-order chi connectivity index (χ1) is 12.8. The molecule has 0 radical (unpaired) electrons. The van der Waals surface area contributed by atoms with Gasteiger partial charge in [0, 0.05) is 11.1 Å². The molecule has 0 saturated carbocycles. The Hall–Kier alpha value is -2.67. The van der Waals surface area contributed by atoms with Gasteiger partial charge in [-0.1, -0.05) is 29.8 Å². The topological polar surface area (TPSA) is 64.6 Å². The molecule has 0 aliphatic carbocycles. The number of carbonyl (C=O) groups is 2. The van der Waals surface area contributed by atoms with Crippen molar-refractivity contribution in [3.05, 3.63) is 64.7 Å². The molecule has 2 aromatic carbocycles. The van der Waals surface area contributed by atoms with E-state index in [-0.39, 0.29) is 12.2 Å². The van der Waals surface area contributed by atoms with Crippen LogP contribution in [0.3, 0.4) is 0 Å². The van der Waals surface area contributed by atoms with Crippen molar-refractivity contribution in [2.75, 3.05) is 7.11 Å². The van der Waals surface area contributed by atoms with E-state index in [2.05, 4.69) is 10.1 Å². The molecule has 0 spiro atoms. The second kappa shape index (κ2) is 9.32. The number of halogens is 3. The van der Waals surface area contributed by atoms with Gasteiger partial charge in [0.1, 0.15) is 5.75 Å². The van der Waals surface area contributed by atoms with Crippen molar-refractivity contribution in [1.82, 2.24) is 5.32 Å². The van der Waals surface area contributed by atoms with Gasteiger partial charge in [0.2, 0.25) is 0 Å². The second-order valence-electron chi connectivity index (χ2n) is 5.70. The lowest BCUT2D eigenvalue weighted by Gasteiger charge is -2.22. The van der Waals surface area contributed by atoms with Crippen molar-refractivity contribution in [3.8, 4) is 5.75 Å². The summed E-state index contributed by atoms with van der Waals surface area (Å²) in [4.78, 5) is 24.2. The fourth-order valence-corrected chi connectivity index (χ4v) is 2.61. The van der Waals surface area contributed by atoms with Crippen molar-refractivity contribution in [2.24, 2.45) is 0 Å². The number of esters is 1. The van der Waals surface area contributed by atoms with Gasteiger partial charge in [-0.25, -0.2) is 8.78 Å². The lowest BCUT2D eigenvalue weighted by molar-refractivity contribution is -0.141. The van der Waals surface area contributed by atoms with Crippen molar-refractivity contribution < 1.29 is 27.8 Å². The Morgan fingerprint density at radius 3 is 2.48 bits per heavy atom.